The van der Waals surface area contributed by atoms with Crippen LogP contribution >= 0.6 is 15.9 Å². The Morgan fingerprint density at radius 3 is 2.35 bits per heavy atom. The summed E-state index contributed by atoms with van der Waals surface area (Å²) in [5.41, 5.74) is 5.91. The first-order valence-corrected chi connectivity index (χ1v) is 12.4. The van der Waals surface area contributed by atoms with Gasteiger partial charge in [0.05, 0.1) is 17.3 Å². The molecule has 0 saturated carbocycles. The number of aryl methyl sites for hydroxylation is 4. The average Bonchev–Trinajstić information content (AvgIpc) is 2.84. The smallest absolute Gasteiger partial charge is 0.335 e. The van der Waals surface area contributed by atoms with Crippen molar-refractivity contribution in [1.82, 2.24) is 5.32 Å². The third kappa shape index (κ3) is 5.44. The second kappa shape index (κ2) is 10.6. The highest BCUT2D eigenvalue weighted by molar-refractivity contribution is 9.10. The van der Waals surface area contributed by atoms with E-state index in [0.29, 0.717) is 33.8 Å². The minimum absolute atomic E-state index is 0.169. The number of nitrogens with zero attached hydrogens (tertiary/aromatic N) is 1. The third-order valence-corrected chi connectivity index (χ3v) is 6.80. The van der Waals surface area contributed by atoms with Crippen LogP contribution in [0.4, 0.5) is 10.5 Å². The van der Waals surface area contributed by atoms with Crippen molar-refractivity contribution in [2.45, 2.75) is 34.3 Å². The molecule has 1 N–H and O–H groups in total. The summed E-state index contributed by atoms with van der Waals surface area (Å²) in [6.45, 7) is 8.17. The van der Waals surface area contributed by atoms with Crippen LogP contribution in [0.3, 0.4) is 0 Å². The summed E-state index contributed by atoms with van der Waals surface area (Å²) < 4.78 is 12.2. The molecule has 190 valence electrons. The summed E-state index contributed by atoms with van der Waals surface area (Å²) >= 11 is 3.52. The first kappa shape index (κ1) is 26.2. The summed E-state index contributed by atoms with van der Waals surface area (Å²) in [4.78, 5) is 39.5. The van der Waals surface area contributed by atoms with Crippen LogP contribution in [0.15, 0.2) is 58.6 Å². The van der Waals surface area contributed by atoms with Crippen molar-refractivity contribution in [2.75, 3.05) is 12.0 Å². The Labute approximate surface area is 224 Å². The van der Waals surface area contributed by atoms with Gasteiger partial charge in [0.1, 0.15) is 12.2 Å². The number of nitrogens with one attached hydrogen (secondary N) is 1. The van der Waals surface area contributed by atoms with E-state index in [4.69, 9.17) is 9.47 Å². The highest BCUT2D eigenvalue weighted by Crippen LogP contribution is 2.38. The van der Waals surface area contributed by atoms with Crippen molar-refractivity contribution >= 4 is 45.5 Å². The summed E-state index contributed by atoms with van der Waals surface area (Å²) in [6.07, 6.45) is 1.43. The molecule has 0 bridgehead atoms. The number of benzene rings is 3. The van der Waals surface area contributed by atoms with E-state index in [1.807, 2.05) is 25.1 Å². The zero-order chi connectivity index (χ0) is 26.9. The molecule has 0 aromatic heterocycles. The Morgan fingerprint density at radius 1 is 0.919 bits per heavy atom. The number of urea groups is 1. The Hall–Kier alpha value is -3.91. The Morgan fingerprint density at radius 2 is 1.68 bits per heavy atom. The summed E-state index contributed by atoms with van der Waals surface area (Å²) in [5, 5.41) is 2.26. The molecule has 37 heavy (non-hydrogen) atoms. The van der Waals surface area contributed by atoms with Gasteiger partial charge in [-0.1, -0.05) is 35.9 Å². The number of carbonyl (C=O) groups excluding carboxylic acids is 3. The van der Waals surface area contributed by atoms with Gasteiger partial charge < -0.3 is 9.47 Å². The minimum atomic E-state index is -0.784. The quantitative estimate of drug-likeness (QED) is 0.297. The summed E-state index contributed by atoms with van der Waals surface area (Å²) in [7, 11) is 1.51. The predicted octanol–water partition coefficient (Wildman–Crippen LogP) is 5.94. The fourth-order valence-electron chi connectivity index (χ4n) is 4.11. The molecule has 0 unspecified atom stereocenters. The zero-order valence-electron chi connectivity index (χ0n) is 21.3. The number of barbiturate groups is 1. The molecule has 1 fully saturated rings. The van der Waals surface area contributed by atoms with Crippen molar-refractivity contribution in [2.24, 2.45) is 0 Å². The number of carbonyl (C=O) groups is 3. The van der Waals surface area contributed by atoms with Crippen LogP contribution in [0.1, 0.15) is 33.4 Å². The lowest BCUT2D eigenvalue weighted by molar-refractivity contribution is -0.122. The minimum Gasteiger partial charge on any atom is -0.493 e. The molecule has 0 spiro atoms. The number of rotatable bonds is 6. The molecule has 8 heteroatoms. The Bertz CT molecular complexity index is 1460. The highest BCUT2D eigenvalue weighted by Gasteiger charge is 2.37. The second-order valence-electron chi connectivity index (χ2n) is 8.99. The van der Waals surface area contributed by atoms with Gasteiger partial charge >= 0.3 is 6.03 Å². The van der Waals surface area contributed by atoms with Gasteiger partial charge in [-0.25, -0.2) is 9.69 Å². The summed E-state index contributed by atoms with van der Waals surface area (Å²) in [6, 6.07) is 14.1. The number of ether oxygens (including phenoxy) is 2. The molecule has 0 radical (unpaired) electrons. The highest BCUT2D eigenvalue weighted by atomic mass is 79.9. The maximum absolute atomic E-state index is 13.3. The Kier molecular flexibility index (Phi) is 7.50. The number of anilines is 1. The van der Waals surface area contributed by atoms with Crippen LogP contribution in [0.25, 0.3) is 6.08 Å². The van der Waals surface area contributed by atoms with Gasteiger partial charge in [0.2, 0.25) is 0 Å². The van der Waals surface area contributed by atoms with Gasteiger partial charge in [-0.3, -0.25) is 14.9 Å². The van der Waals surface area contributed by atoms with E-state index in [9.17, 15) is 14.4 Å². The molecule has 0 atom stereocenters. The van der Waals surface area contributed by atoms with E-state index >= 15 is 0 Å². The number of hydrogen-bond acceptors (Lipinski definition) is 5. The van der Waals surface area contributed by atoms with Gasteiger partial charge in [-0.05, 0) is 95.7 Å². The SMILES string of the molecule is COc1cc(/C=C2\C(=O)NC(=O)N(c3ccc(C)cc3C)C2=O)cc(Br)c1OCc1ccc(C)c(C)c1. The first-order valence-electron chi connectivity index (χ1n) is 11.6. The van der Waals surface area contributed by atoms with Crippen molar-refractivity contribution in [3.8, 4) is 11.5 Å². The first-order chi connectivity index (χ1) is 17.6. The number of amides is 4. The van der Waals surface area contributed by atoms with Crippen LogP contribution < -0.4 is 19.7 Å². The van der Waals surface area contributed by atoms with E-state index in [-0.39, 0.29) is 5.57 Å². The molecular weight excluding hydrogens is 536 g/mol. The number of halogens is 1. The number of methoxy groups -OCH3 is 1. The zero-order valence-corrected chi connectivity index (χ0v) is 22.9. The van der Waals surface area contributed by atoms with Crippen LogP contribution in [-0.4, -0.2) is 25.0 Å². The van der Waals surface area contributed by atoms with Gasteiger partial charge in [0.15, 0.2) is 11.5 Å². The largest absolute Gasteiger partial charge is 0.493 e. The van der Waals surface area contributed by atoms with E-state index in [0.717, 1.165) is 21.6 Å². The lowest BCUT2D eigenvalue weighted by atomic mass is 10.0. The monoisotopic (exact) mass is 562 g/mol. The third-order valence-electron chi connectivity index (χ3n) is 6.21. The summed E-state index contributed by atoms with van der Waals surface area (Å²) in [5.74, 6) is -0.544. The fraction of sp³-hybridized carbons (Fsp3) is 0.207. The molecule has 1 saturated heterocycles. The van der Waals surface area contributed by atoms with Crippen LogP contribution in [0.5, 0.6) is 11.5 Å². The van der Waals surface area contributed by atoms with E-state index < -0.39 is 17.8 Å². The maximum Gasteiger partial charge on any atom is 0.335 e. The second-order valence-corrected chi connectivity index (χ2v) is 9.84. The van der Waals surface area contributed by atoms with Crippen molar-refractivity contribution in [3.63, 3.8) is 0 Å². The molecule has 4 rings (SSSR count). The van der Waals surface area contributed by atoms with Crippen LogP contribution in [0.2, 0.25) is 0 Å². The molecular formula is C29H27BrN2O5. The van der Waals surface area contributed by atoms with Crippen molar-refractivity contribution in [1.29, 1.82) is 0 Å². The molecule has 1 heterocycles. The molecule has 7 nitrogen and oxygen atoms in total. The maximum atomic E-state index is 13.3. The van der Waals surface area contributed by atoms with E-state index in [1.54, 1.807) is 31.2 Å². The number of imide groups is 2. The lowest BCUT2D eigenvalue weighted by Gasteiger charge is -2.27. The van der Waals surface area contributed by atoms with E-state index in [1.165, 1.54) is 24.3 Å². The fourth-order valence-corrected chi connectivity index (χ4v) is 4.69. The normalized spacial score (nSPS) is 14.7. The Balaban J connectivity index is 1.65. The van der Waals surface area contributed by atoms with E-state index in [2.05, 4.69) is 41.2 Å². The molecule has 3 aromatic carbocycles. The van der Waals surface area contributed by atoms with Gasteiger partial charge in [-0.15, -0.1) is 0 Å². The van der Waals surface area contributed by atoms with Gasteiger partial charge in [0.25, 0.3) is 11.8 Å². The van der Waals surface area contributed by atoms with Gasteiger partial charge in [-0.2, -0.15) is 0 Å². The van der Waals surface area contributed by atoms with Crippen LogP contribution in [-0.2, 0) is 16.2 Å². The van der Waals surface area contributed by atoms with Crippen molar-refractivity contribution < 1.29 is 23.9 Å². The number of hydrogen-bond donors (Lipinski definition) is 1. The standard InChI is InChI=1S/C29H27BrN2O5/c1-16-6-9-24(19(4)10-16)32-28(34)22(27(33)31-29(32)35)12-21-13-23(30)26(25(14-21)36-5)37-15-20-8-7-17(2)18(3)11-20/h6-14H,15H2,1-5H3,(H,31,33,35)/b22-12+. The molecule has 4 amide bonds. The molecule has 3 aromatic rings. The average molecular weight is 563 g/mol. The lowest BCUT2D eigenvalue weighted by Crippen LogP contribution is -2.54. The van der Waals surface area contributed by atoms with Crippen LogP contribution in [0, 0.1) is 27.7 Å². The van der Waals surface area contributed by atoms with Gasteiger partial charge in [0, 0.05) is 0 Å². The molecule has 0 aliphatic carbocycles. The molecule has 1 aliphatic heterocycles. The topological polar surface area (TPSA) is 84.9 Å². The predicted molar refractivity (Wildman–Crippen MR) is 146 cm³/mol. The molecule has 1 aliphatic rings. The van der Waals surface area contributed by atoms with Crippen molar-refractivity contribution in [3.05, 3.63) is 92.0 Å².